The predicted molar refractivity (Wildman–Crippen MR) is 70.5 cm³/mol. The Labute approximate surface area is 125 Å². The maximum atomic E-state index is 11.9. The normalized spacial score (nSPS) is 16.0. The molecule has 8 N–H and O–H groups in total. The van der Waals surface area contributed by atoms with E-state index in [1.807, 2.05) is 10.6 Å². The monoisotopic (exact) mass is 321 g/mol. The van der Waals surface area contributed by atoms with Crippen LogP contribution in [0.2, 0.25) is 0 Å². The summed E-state index contributed by atoms with van der Waals surface area (Å²) in [5.41, 5.74) is 5.23. The molecule has 0 radical (unpaired) electrons. The zero-order chi connectivity index (χ0) is 17.4. The second kappa shape index (κ2) is 8.92. The lowest BCUT2D eigenvalue weighted by molar-refractivity contribution is -0.147. The third-order valence-corrected chi connectivity index (χ3v) is 2.59. The minimum absolute atomic E-state index is 0.698. The van der Waals surface area contributed by atoms with Gasteiger partial charge in [-0.05, 0) is 6.92 Å². The zero-order valence-corrected chi connectivity index (χ0v) is 11.7. The van der Waals surface area contributed by atoms with Gasteiger partial charge in [-0.15, -0.1) is 0 Å². The number of carboxylic acids is 2. The molecule has 126 valence electrons. The lowest BCUT2D eigenvalue weighted by Gasteiger charge is -2.23. The van der Waals surface area contributed by atoms with E-state index in [2.05, 4.69) is 0 Å². The molecular formula is C11H19N3O8. The lowest BCUT2D eigenvalue weighted by Crippen LogP contribution is -2.58. The second-order valence-electron chi connectivity index (χ2n) is 4.51. The van der Waals surface area contributed by atoms with Crippen LogP contribution in [0, 0.1) is 0 Å². The number of nitrogens with two attached hydrogens (primary N) is 1. The Balaban J connectivity index is 4.95. The SMILES string of the molecule is C[C@@H](O)[C@H](NC(=O)[C@@H](N)CO)C(=O)N[C@@H](CC(=O)O)C(=O)O. The average Bonchev–Trinajstić information content (AvgIpc) is 2.41. The highest BCUT2D eigenvalue weighted by molar-refractivity contribution is 5.93. The molecular weight excluding hydrogens is 302 g/mol. The Morgan fingerprint density at radius 1 is 1.09 bits per heavy atom. The number of carbonyl (C=O) groups is 4. The molecule has 0 heterocycles. The van der Waals surface area contributed by atoms with Crippen molar-refractivity contribution in [1.29, 1.82) is 0 Å². The zero-order valence-electron chi connectivity index (χ0n) is 11.7. The van der Waals surface area contributed by atoms with E-state index in [0.29, 0.717) is 0 Å². The van der Waals surface area contributed by atoms with Crippen LogP contribution < -0.4 is 16.4 Å². The number of hydrogen-bond acceptors (Lipinski definition) is 7. The van der Waals surface area contributed by atoms with Crippen LogP contribution in [0.3, 0.4) is 0 Å². The van der Waals surface area contributed by atoms with Gasteiger partial charge >= 0.3 is 11.9 Å². The molecule has 0 saturated heterocycles. The van der Waals surface area contributed by atoms with Crippen molar-refractivity contribution < 1.29 is 39.6 Å². The van der Waals surface area contributed by atoms with Crippen LogP contribution in [0.5, 0.6) is 0 Å². The van der Waals surface area contributed by atoms with Gasteiger partial charge in [0.2, 0.25) is 11.8 Å². The van der Waals surface area contributed by atoms with Crippen LogP contribution in [0.1, 0.15) is 13.3 Å². The summed E-state index contributed by atoms with van der Waals surface area (Å²) in [5, 5.41) is 39.5. The summed E-state index contributed by atoms with van der Waals surface area (Å²) >= 11 is 0. The van der Waals surface area contributed by atoms with E-state index >= 15 is 0 Å². The van der Waals surface area contributed by atoms with E-state index in [9.17, 15) is 24.3 Å². The molecule has 22 heavy (non-hydrogen) atoms. The number of aliphatic carboxylic acids is 2. The van der Waals surface area contributed by atoms with Gasteiger partial charge in [0.1, 0.15) is 18.1 Å². The van der Waals surface area contributed by atoms with Crippen molar-refractivity contribution in [3.8, 4) is 0 Å². The molecule has 11 heteroatoms. The average molecular weight is 321 g/mol. The first-order valence-corrected chi connectivity index (χ1v) is 6.20. The molecule has 11 nitrogen and oxygen atoms in total. The maximum Gasteiger partial charge on any atom is 0.326 e. The van der Waals surface area contributed by atoms with Gasteiger partial charge in [0.25, 0.3) is 0 Å². The molecule has 0 aromatic heterocycles. The number of carboxylic acid groups (broad SMARTS) is 2. The number of aliphatic hydroxyl groups is 2. The highest BCUT2D eigenvalue weighted by Crippen LogP contribution is 1.99. The van der Waals surface area contributed by atoms with E-state index in [1.165, 1.54) is 0 Å². The third-order valence-electron chi connectivity index (χ3n) is 2.59. The molecule has 0 unspecified atom stereocenters. The summed E-state index contributed by atoms with van der Waals surface area (Å²) < 4.78 is 0. The topological polar surface area (TPSA) is 199 Å². The fourth-order valence-electron chi connectivity index (χ4n) is 1.38. The van der Waals surface area contributed by atoms with Gasteiger partial charge in [0, 0.05) is 0 Å². The predicted octanol–water partition coefficient (Wildman–Crippen LogP) is -3.78. The van der Waals surface area contributed by atoms with E-state index in [0.717, 1.165) is 6.92 Å². The molecule has 0 rings (SSSR count). The van der Waals surface area contributed by atoms with Gasteiger partial charge in [0.15, 0.2) is 0 Å². The summed E-state index contributed by atoms with van der Waals surface area (Å²) in [6, 6.07) is -4.61. The van der Waals surface area contributed by atoms with Gasteiger partial charge in [0.05, 0.1) is 19.1 Å². The third kappa shape index (κ3) is 6.47. The molecule has 0 aliphatic carbocycles. The van der Waals surface area contributed by atoms with Gasteiger partial charge in [-0.2, -0.15) is 0 Å². The minimum Gasteiger partial charge on any atom is -0.481 e. The van der Waals surface area contributed by atoms with Gasteiger partial charge in [-0.25, -0.2) is 4.79 Å². The van der Waals surface area contributed by atoms with Crippen molar-refractivity contribution in [1.82, 2.24) is 10.6 Å². The van der Waals surface area contributed by atoms with Crippen molar-refractivity contribution in [3.05, 3.63) is 0 Å². The van der Waals surface area contributed by atoms with E-state index < -0.39 is 61.0 Å². The summed E-state index contributed by atoms with van der Waals surface area (Å²) in [7, 11) is 0. The smallest absolute Gasteiger partial charge is 0.326 e. The standard InChI is InChI=1S/C11H19N3O8/c1-4(16)8(14-9(19)5(12)3-15)10(20)13-6(11(21)22)2-7(17)18/h4-6,8,15-16H,2-3,12H2,1H3,(H,13,20)(H,14,19)(H,17,18)(H,21,22)/t4-,5+,6+,8+/m1/s1. The largest absolute Gasteiger partial charge is 0.481 e. The van der Waals surface area contributed by atoms with Crippen molar-refractivity contribution in [2.45, 2.75) is 37.6 Å². The summed E-state index contributed by atoms with van der Waals surface area (Å²) in [6.07, 6.45) is -2.29. The second-order valence-corrected chi connectivity index (χ2v) is 4.51. The maximum absolute atomic E-state index is 11.9. The van der Waals surface area contributed by atoms with Gasteiger partial charge in [-0.1, -0.05) is 0 Å². The first-order chi connectivity index (χ1) is 10.1. The van der Waals surface area contributed by atoms with Crippen molar-refractivity contribution in [2.24, 2.45) is 5.73 Å². The fourth-order valence-corrected chi connectivity index (χ4v) is 1.38. The van der Waals surface area contributed by atoms with E-state index in [4.69, 9.17) is 21.1 Å². The molecule has 0 aliphatic heterocycles. The number of amides is 2. The molecule has 0 aromatic rings. The van der Waals surface area contributed by atoms with Crippen LogP contribution in [0.4, 0.5) is 0 Å². The number of rotatable bonds is 9. The highest BCUT2D eigenvalue weighted by atomic mass is 16.4. The Hall–Kier alpha value is -2.24. The first kappa shape index (κ1) is 19.8. The molecule has 0 spiro atoms. The number of aliphatic hydroxyl groups excluding tert-OH is 2. The molecule has 2 amide bonds. The van der Waals surface area contributed by atoms with Crippen LogP contribution in [-0.4, -0.2) is 75.0 Å². The Morgan fingerprint density at radius 2 is 1.64 bits per heavy atom. The summed E-state index contributed by atoms with van der Waals surface area (Å²) in [5.74, 6) is -5.07. The fraction of sp³-hybridized carbons (Fsp3) is 0.636. The van der Waals surface area contributed by atoms with Crippen LogP contribution in [0.25, 0.3) is 0 Å². The van der Waals surface area contributed by atoms with E-state index in [1.54, 1.807) is 0 Å². The van der Waals surface area contributed by atoms with Crippen molar-refractivity contribution in [3.63, 3.8) is 0 Å². The minimum atomic E-state index is -1.73. The van der Waals surface area contributed by atoms with Crippen LogP contribution >= 0.6 is 0 Å². The van der Waals surface area contributed by atoms with Crippen molar-refractivity contribution >= 4 is 23.8 Å². The molecule has 0 aliphatic rings. The lowest BCUT2D eigenvalue weighted by atomic mass is 10.1. The van der Waals surface area contributed by atoms with E-state index in [-0.39, 0.29) is 0 Å². The Kier molecular flexibility index (Phi) is 8.01. The highest BCUT2D eigenvalue weighted by Gasteiger charge is 2.31. The van der Waals surface area contributed by atoms with Crippen molar-refractivity contribution in [2.75, 3.05) is 6.61 Å². The molecule has 4 atom stereocenters. The quantitative estimate of drug-likeness (QED) is 0.222. The number of nitrogens with one attached hydrogen (secondary N) is 2. The molecule has 0 aromatic carbocycles. The Bertz CT molecular complexity index is 439. The van der Waals surface area contributed by atoms with Gasteiger partial charge < -0.3 is 36.8 Å². The van der Waals surface area contributed by atoms with Gasteiger partial charge in [-0.3, -0.25) is 14.4 Å². The summed E-state index contributed by atoms with van der Waals surface area (Å²) in [4.78, 5) is 44.8. The van der Waals surface area contributed by atoms with Crippen LogP contribution in [0.15, 0.2) is 0 Å². The molecule has 0 bridgehead atoms. The number of carbonyl (C=O) groups excluding carboxylic acids is 2. The molecule has 0 saturated carbocycles. The summed E-state index contributed by atoms with van der Waals surface area (Å²) in [6.45, 7) is 0.457. The number of hydrogen-bond donors (Lipinski definition) is 7. The Morgan fingerprint density at radius 3 is 2.00 bits per heavy atom. The molecule has 0 fully saturated rings. The first-order valence-electron chi connectivity index (χ1n) is 6.20. The van der Waals surface area contributed by atoms with Crippen LogP contribution in [-0.2, 0) is 19.2 Å².